The number of rotatable bonds is 5. The minimum absolute atomic E-state index is 0.0256. The number of nitrogens with zero attached hydrogens (tertiary/aromatic N) is 2. The third-order valence-electron chi connectivity index (χ3n) is 3.54. The number of halogens is 4. The molecule has 9 heteroatoms. The summed E-state index contributed by atoms with van der Waals surface area (Å²) in [5, 5.41) is 3.64. The first-order valence-electron chi connectivity index (χ1n) is 7.92. The van der Waals surface area contributed by atoms with Gasteiger partial charge in [-0.2, -0.15) is 18.2 Å². The first kappa shape index (κ1) is 19.3. The van der Waals surface area contributed by atoms with Crippen LogP contribution in [0.15, 0.2) is 59.1 Å². The van der Waals surface area contributed by atoms with Crippen molar-refractivity contribution in [3.63, 3.8) is 0 Å². The number of aromatic nitrogens is 2. The summed E-state index contributed by atoms with van der Waals surface area (Å²) >= 11 is 0. The average molecular weight is 392 g/mol. The molecule has 0 atom stereocenters. The van der Waals surface area contributed by atoms with E-state index in [9.17, 15) is 22.4 Å². The van der Waals surface area contributed by atoms with E-state index in [1.165, 1.54) is 36.4 Å². The lowest BCUT2D eigenvalue weighted by molar-refractivity contribution is -0.140. The van der Waals surface area contributed by atoms with Crippen LogP contribution in [0.2, 0.25) is 0 Å². The fourth-order valence-electron chi connectivity index (χ4n) is 2.19. The molecule has 0 unspecified atom stereocenters. The molecule has 0 saturated carbocycles. The van der Waals surface area contributed by atoms with Crippen molar-refractivity contribution in [3.8, 4) is 11.4 Å². The van der Waals surface area contributed by atoms with Gasteiger partial charge in [0, 0.05) is 11.6 Å². The van der Waals surface area contributed by atoms with Crippen molar-refractivity contribution in [3.05, 3.63) is 77.4 Å². The second-order valence-corrected chi connectivity index (χ2v) is 5.58. The number of carbonyl (C=O) groups excluding carboxylic acids is 1. The van der Waals surface area contributed by atoms with Crippen molar-refractivity contribution < 1.29 is 31.6 Å². The molecular formula is C19H12F4N2O3. The third kappa shape index (κ3) is 5.03. The number of hydrogen-bond acceptors (Lipinski definition) is 5. The zero-order valence-electron chi connectivity index (χ0n) is 14.1. The molecule has 5 nitrogen and oxygen atoms in total. The van der Waals surface area contributed by atoms with Gasteiger partial charge in [0.05, 0.1) is 5.56 Å². The van der Waals surface area contributed by atoms with Gasteiger partial charge < -0.3 is 9.26 Å². The summed E-state index contributed by atoms with van der Waals surface area (Å²) in [4.78, 5) is 15.6. The summed E-state index contributed by atoms with van der Waals surface area (Å²) in [7, 11) is 0. The lowest BCUT2D eigenvalue weighted by Gasteiger charge is -2.05. The van der Waals surface area contributed by atoms with E-state index in [-0.39, 0.29) is 18.3 Å². The van der Waals surface area contributed by atoms with Gasteiger partial charge in [0.15, 0.2) is 6.61 Å². The average Bonchev–Trinajstić information content (AvgIpc) is 3.13. The van der Waals surface area contributed by atoms with E-state index in [1.54, 1.807) is 6.07 Å². The molecule has 0 bridgehead atoms. The van der Waals surface area contributed by atoms with Crippen molar-refractivity contribution >= 4 is 12.0 Å². The van der Waals surface area contributed by atoms with Crippen LogP contribution >= 0.6 is 0 Å². The molecule has 1 aromatic heterocycles. The number of esters is 1. The molecule has 144 valence electrons. The van der Waals surface area contributed by atoms with Gasteiger partial charge in [-0.1, -0.05) is 29.4 Å². The highest BCUT2D eigenvalue weighted by atomic mass is 19.4. The Bertz CT molecular complexity index is 995. The molecule has 0 radical (unpaired) electrons. The lowest BCUT2D eigenvalue weighted by atomic mass is 10.1. The Hall–Kier alpha value is -3.49. The minimum Gasteiger partial charge on any atom is -0.452 e. The Morgan fingerprint density at radius 3 is 2.57 bits per heavy atom. The first-order chi connectivity index (χ1) is 13.3. The summed E-state index contributed by atoms with van der Waals surface area (Å²) < 4.78 is 60.6. The fourth-order valence-corrected chi connectivity index (χ4v) is 2.19. The van der Waals surface area contributed by atoms with Crippen molar-refractivity contribution in [2.45, 2.75) is 12.8 Å². The van der Waals surface area contributed by atoms with Gasteiger partial charge in [0.2, 0.25) is 5.82 Å². The molecule has 0 saturated heterocycles. The molecule has 2 aromatic carbocycles. The molecule has 3 aromatic rings. The van der Waals surface area contributed by atoms with Crippen LogP contribution in [0.4, 0.5) is 17.6 Å². The van der Waals surface area contributed by atoms with Crippen molar-refractivity contribution in [2.75, 3.05) is 0 Å². The summed E-state index contributed by atoms with van der Waals surface area (Å²) in [6.45, 7) is -0.319. The molecule has 0 spiro atoms. The molecule has 0 fully saturated rings. The maximum Gasteiger partial charge on any atom is 0.416 e. The van der Waals surface area contributed by atoms with Crippen molar-refractivity contribution in [1.29, 1.82) is 0 Å². The highest BCUT2D eigenvalue weighted by Gasteiger charge is 2.30. The summed E-state index contributed by atoms with van der Waals surface area (Å²) in [5.41, 5.74) is 0.0126. The van der Waals surface area contributed by atoms with Gasteiger partial charge >= 0.3 is 12.1 Å². The molecule has 1 heterocycles. The second-order valence-electron chi connectivity index (χ2n) is 5.58. The molecule has 0 aliphatic rings. The van der Waals surface area contributed by atoms with Crippen LogP contribution in [-0.4, -0.2) is 16.1 Å². The van der Waals surface area contributed by atoms with E-state index in [1.807, 2.05) is 0 Å². The standard InChI is InChI=1S/C19H12F4N2O3/c20-15-3-1-2-12(10-15)4-9-17(26)27-11-16-24-18(25-28-16)13-5-7-14(8-6-13)19(21,22)23/h1-10H,11H2/b9-4+. The molecule has 0 N–H and O–H groups in total. The van der Waals surface area contributed by atoms with E-state index in [0.717, 1.165) is 18.2 Å². The molecule has 28 heavy (non-hydrogen) atoms. The fraction of sp³-hybridized carbons (Fsp3) is 0.105. The van der Waals surface area contributed by atoms with Gasteiger partial charge in [-0.05, 0) is 35.9 Å². The van der Waals surface area contributed by atoms with Crippen LogP contribution in [0.5, 0.6) is 0 Å². The van der Waals surface area contributed by atoms with Crippen molar-refractivity contribution in [1.82, 2.24) is 10.1 Å². The van der Waals surface area contributed by atoms with Gasteiger partial charge in [0.1, 0.15) is 5.82 Å². The number of carbonyl (C=O) groups is 1. The predicted molar refractivity (Wildman–Crippen MR) is 90.0 cm³/mol. The van der Waals surface area contributed by atoms with Crippen molar-refractivity contribution in [2.24, 2.45) is 0 Å². The smallest absolute Gasteiger partial charge is 0.416 e. The van der Waals surface area contributed by atoms with Gasteiger partial charge in [0.25, 0.3) is 5.89 Å². The molecule has 3 rings (SSSR count). The Morgan fingerprint density at radius 1 is 1.14 bits per heavy atom. The molecular weight excluding hydrogens is 380 g/mol. The highest BCUT2D eigenvalue weighted by Crippen LogP contribution is 2.30. The Labute approximate surface area is 156 Å². The Balaban J connectivity index is 1.58. The number of benzene rings is 2. The zero-order valence-corrected chi connectivity index (χ0v) is 14.1. The van der Waals surface area contributed by atoms with Crippen LogP contribution in [0.1, 0.15) is 17.0 Å². The van der Waals surface area contributed by atoms with Gasteiger partial charge in [-0.3, -0.25) is 0 Å². The second kappa shape index (κ2) is 8.03. The van der Waals surface area contributed by atoms with E-state index in [2.05, 4.69) is 10.1 Å². The number of alkyl halides is 3. The SMILES string of the molecule is O=C(/C=C/c1cccc(F)c1)OCc1nc(-c2ccc(C(F)(F)F)cc2)no1. The maximum atomic E-state index is 13.1. The maximum absolute atomic E-state index is 13.1. The Kier molecular flexibility index (Phi) is 5.53. The highest BCUT2D eigenvalue weighted by molar-refractivity contribution is 5.86. The molecule has 0 amide bonds. The topological polar surface area (TPSA) is 65.2 Å². The lowest BCUT2D eigenvalue weighted by Crippen LogP contribution is -2.04. The predicted octanol–water partition coefficient (Wildman–Crippen LogP) is 4.65. The summed E-state index contributed by atoms with van der Waals surface area (Å²) in [6, 6.07) is 9.88. The molecule has 0 aliphatic carbocycles. The van der Waals surface area contributed by atoms with Crippen LogP contribution in [0, 0.1) is 5.82 Å². The van der Waals surface area contributed by atoms with Crippen LogP contribution < -0.4 is 0 Å². The van der Waals surface area contributed by atoms with Gasteiger partial charge in [-0.25, -0.2) is 9.18 Å². The third-order valence-corrected chi connectivity index (χ3v) is 3.54. The van der Waals surface area contributed by atoms with E-state index < -0.39 is 23.5 Å². The summed E-state index contributed by atoms with van der Waals surface area (Å²) in [6.07, 6.45) is -1.94. The molecule has 0 aliphatic heterocycles. The monoisotopic (exact) mass is 392 g/mol. The minimum atomic E-state index is -4.44. The van der Waals surface area contributed by atoms with E-state index in [0.29, 0.717) is 11.1 Å². The van der Waals surface area contributed by atoms with Crippen LogP contribution in [0.25, 0.3) is 17.5 Å². The van der Waals surface area contributed by atoms with Crippen LogP contribution in [0.3, 0.4) is 0 Å². The first-order valence-corrected chi connectivity index (χ1v) is 7.92. The number of hydrogen-bond donors (Lipinski definition) is 0. The normalized spacial score (nSPS) is 11.7. The van der Waals surface area contributed by atoms with E-state index >= 15 is 0 Å². The zero-order chi connectivity index (χ0) is 20.1. The summed E-state index contributed by atoms with van der Waals surface area (Å²) in [5.74, 6) is -1.10. The largest absolute Gasteiger partial charge is 0.452 e. The quantitative estimate of drug-likeness (QED) is 0.359. The van der Waals surface area contributed by atoms with Crippen LogP contribution in [-0.2, 0) is 22.3 Å². The Morgan fingerprint density at radius 2 is 1.89 bits per heavy atom. The van der Waals surface area contributed by atoms with E-state index in [4.69, 9.17) is 9.26 Å². The number of ether oxygens (including phenoxy) is 1. The van der Waals surface area contributed by atoms with Gasteiger partial charge in [-0.15, -0.1) is 0 Å².